The van der Waals surface area contributed by atoms with Gasteiger partial charge in [-0.05, 0) is 42.7 Å². The van der Waals surface area contributed by atoms with Crippen LogP contribution in [-0.2, 0) is 11.3 Å². The molecule has 0 atom stereocenters. The van der Waals surface area contributed by atoms with Crippen LogP contribution in [0.5, 0.6) is 0 Å². The summed E-state index contributed by atoms with van der Waals surface area (Å²) in [4.78, 5) is 18.2. The number of amides is 1. The first-order valence-electron chi connectivity index (χ1n) is 8.16. The van der Waals surface area contributed by atoms with Gasteiger partial charge in [0.15, 0.2) is 0 Å². The predicted molar refractivity (Wildman–Crippen MR) is 89.1 cm³/mol. The Morgan fingerprint density at radius 1 is 1.36 bits per heavy atom. The van der Waals surface area contributed by atoms with Gasteiger partial charge < -0.3 is 9.64 Å². The normalized spacial score (nSPS) is 15.0. The van der Waals surface area contributed by atoms with E-state index in [2.05, 4.69) is 4.98 Å². The van der Waals surface area contributed by atoms with Crippen molar-refractivity contribution in [2.24, 2.45) is 0 Å². The van der Waals surface area contributed by atoms with Gasteiger partial charge in [0.2, 0.25) is 0 Å². The lowest BCUT2D eigenvalue weighted by atomic mass is 10.0. The summed E-state index contributed by atoms with van der Waals surface area (Å²) in [5, 5.41) is 8.90. The fourth-order valence-electron chi connectivity index (χ4n) is 2.88. The Hall–Kier alpha value is -2.78. The highest BCUT2D eigenvalue weighted by molar-refractivity contribution is 5.94. The van der Waals surface area contributed by atoms with Crippen LogP contribution in [0.3, 0.4) is 0 Å². The van der Waals surface area contributed by atoms with E-state index in [1.54, 1.807) is 17.3 Å². The lowest BCUT2D eigenvalue weighted by Crippen LogP contribution is -2.40. The van der Waals surface area contributed by atoms with Gasteiger partial charge in [-0.25, -0.2) is 4.39 Å². The maximum atomic E-state index is 13.5. The summed E-state index contributed by atoms with van der Waals surface area (Å²) in [6, 6.07) is 9.42. The van der Waals surface area contributed by atoms with E-state index in [-0.39, 0.29) is 23.1 Å². The molecule has 1 aliphatic rings. The molecule has 0 N–H and O–H groups in total. The molecule has 0 saturated carbocycles. The molecular weight excluding hydrogens is 321 g/mol. The molecule has 128 valence electrons. The van der Waals surface area contributed by atoms with Crippen molar-refractivity contribution in [3.05, 3.63) is 65.2 Å². The Balaban J connectivity index is 1.54. The largest absolute Gasteiger partial charge is 0.373 e. The monoisotopic (exact) mass is 339 g/mol. The van der Waals surface area contributed by atoms with Crippen molar-refractivity contribution in [3.63, 3.8) is 0 Å². The first kappa shape index (κ1) is 17.1. The number of halogens is 1. The fraction of sp³-hybridized carbons (Fsp3) is 0.316. The van der Waals surface area contributed by atoms with Gasteiger partial charge in [-0.2, -0.15) is 5.26 Å². The van der Waals surface area contributed by atoms with E-state index < -0.39 is 5.82 Å². The number of carbonyl (C=O) groups is 1. The third-order valence-corrected chi connectivity index (χ3v) is 4.21. The number of rotatable bonds is 4. The maximum absolute atomic E-state index is 13.5. The number of likely N-dealkylation sites (tertiary alicyclic amines) is 1. The van der Waals surface area contributed by atoms with E-state index in [9.17, 15) is 9.18 Å². The number of ether oxygens (including phenoxy) is 1. The van der Waals surface area contributed by atoms with Crippen LogP contribution in [0.25, 0.3) is 0 Å². The Morgan fingerprint density at radius 3 is 2.84 bits per heavy atom. The van der Waals surface area contributed by atoms with Crippen molar-refractivity contribution >= 4 is 5.91 Å². The number of aromatic nitrogens is 1. The molecule has 1 aromatic heterocycles. The average Bonchev–Trinajstić information content (AvgIpc) is 2.66. The summed E-state index contributed by atoms with van der Waals surface area (Å²) < 4.78 is 19.4. The Morgan fingerprint density at radius 2 is 2.16 bits per heavy atom. The number of nitrogens with zero attached hydrogens (tertiary/aromatic N) is 3. The molecule has 2 aromatic rings. The quantitative estimate of drug-likeness (QED) is 0.859. The highest BCUT2D eigenvalue weighted by atomic mass is 19.1. The van der Waals surface area contributed by atoms with Crippen LogP contribution in [-0.4, -0.2) is 35.0 Å². The van der Waals surface area contributed by atoms with Gasteiger partial charge in [-0.1, -0.05) is 6.07 Å². The molecule has 0 spiro atoms. The third-order valence-electron chi connectivity index (χ3n) is 4.21. The zero-order chi connectivity index (χ0) is 17.6. The second-order valence-electron chi connectivity index (χ2n) is 6.00. The van der Waals surface area contributed by atoms with Gasteiger partial charge in [-0.3, -0.25) is 9.78 Å². The number of carbonyl (C=O) groups excluding carboxylic acids is 1. The van der Waals surface area contributed by atoms with Crippen molar-refractivity contribution < 1.29 is 13.9 Å². The second-order valence-corrected chi connectivity index (χ2v) is 6.00. The molecule has 1 saturated heterocycles. The van der Waals surface area contributed by atoms with Gasteiger partial charge in [0.25, 0.3) is 5.91 Å². The van der Waals surface area contributed by atoms with Gasteiger partial charge in [-0.15, -0.1) is 0 Å². The van der Waals surface area contributed by atoms with Crippen LogP contribution in [0.2, 0.25) is 0 Å². The van der Waals surface area contributed by atoms with Crippen molar-refractivity contribution in [2.75, 3.05) is 13.1 Å². The third kappa shape index (κ3) is 4.40. The van der Waals surface area contributed by atoms with E-state index in [4.69, 9.17) is 10.00 Å². The van der Waals surface area contributed by atoms with Crippen LogP contribution in [0.4, 0.5) is 4.39 Å². The molecule has 1 fully saturated rings. The van der Waals surface area contributed by atoms with Crippen molar-refractivity contribution in [1.82, 2.24) is 9.88 Å². The highest BCUT2D eigenvalue weighted by Gasteiger charge is 2.24. The van der Waals surface area contributed by atoms with Crippen molar-refractivity contribution in [3.8, 4) is 6.07 Å². The standard InChI is InChI=1S/C19H18FN3O2/c20-17-9-15(11-21)8-16(10-17)19(24)23-6-3-18(4-7-23)25-13-14-2-1-5-22-12-14/h1-2,5,8-10,12,18H,3-4,6-7,13H2. The topological polar surface area (TPSA) is 66.2 Å². The number of nitriles is 1. The molecule has 0 radical (unpaired) electrons. The molecule has 0 aliphatic carbocycles. The molecular formula is C19H18FN3O2. The minimum Gasteiger partial charge on any atom is -0.373 e. The molecule has 5 nitrogen and oxygen atoms in total. The van der Waals surface area contributed by atoms with Crippen LogP contribution in [0, 0.1) is 17.1 Å². The summed E-state index contributed by atoms with van der Waals surface area (Å²) in [5.41, 5.74) is 1.38. The van der Waals surface area contributed by atoms with Crippen molar-refractivity contribution in [1.29, 1.82) is 5.26 Å². The molecule has 0 unspecified atom stereocenters. The van der Waals surface area contributed by atoms with Gasteiger partial charge in [0, 0.05) is 31.0 Å². The Labute approximate surface area is 145 Å². The van der Waals surface area contributed by atoms with Gasteiger partial charge in [0.1, 0.15) is 5.82 Å². The minimum atomic E-state index is -0.572. The smallest absolute Gasteiger partial charge is 0.254 e. The number of hydrogen-bond donors (Lipinski definition) is 0. The summed E-state index contributed by atoms with van der Waals surface area (Å²) in [7, 11) is 0. The van der Waals surface area contributed by atoms with Crippen LogP contribution in [0.15, 0.2) is 42.7 Å². The van der Waals surface area contributed by atoms with Crippen LogP contribution in [0.1, 0.15) is 34.3 Å². The maximum Gasteiger partial charge on any atom is 0.254 e. The summed E-state index contributed by atoms with van der Waals surface area (Å²) in [6.45, 7) is 1.60. The zero-order valence-electron chi connectivity index (χ0n) is 13.7. The molecule has 3 rings (SSSR count). The summed E-state index contributed by atoms with van der Waals surface area (Å²) >= 11 is 0. The number of benzene rings is 1. The second kappa shape index (κ2) is 7.86. The first-order chi connectivity index (χ1) is 12.2. The van der Waals surface area contributed by atoms with E-state index in [1.807, 2.05) is 18.2 Å². The lowest BCUT2D eigenvalue weighted by molar-refractivity contribution is -0.000479. The molecule has 1 aliphatic heterocycles. The molecule has 1 amide bonds. The average molecular weight is 339 g/mol. The number of pyridine rings is 1. The van der Waals surface area contributed by atoms with Crippen LogP contribution < -0.4 is 0 Å². The molecule has 6 heteroatoms. The fourth-order valence-corrected chi connectivity index (χ4v) is 2.88. The molecule has 25 heavy (non-hydrogen) atoms. The van der Waals surface area contributed by atoms with E-state index in [0.717, 1.165) is 24.5 Å². The van der Waals surface area contributed by atoms with E-state index in [1.165, 1.54) is 12.1 Å². The Kier molecular flexibility index (Phi) is 5.36. The van der Waals surface area contributed by atoms with Crippen LogP contribution >= 0.6 is 0 Å². The zero-order valence-corrected chi connectivity index (χ0v) is 13.7. The Bertz CT molecular complexity index is 781. The number of piperidine rings is 1. The molecule has 2 heterocycles. The van der Waals surface area contributed by atoms with E-state index in [0.29, 0.717) is 19.7 Å². The minimum absolute atomic E-state index is 0.0893. The van der Waals surface area contributed by atoms with E-state index >= 15 is 0 Å². The summed E-state index contributed by atoms with van der Waals surface area (Å²) in [5.74, 6) is -0.821. The van der Waals surface area contributed by atoms with Gasteiger partial charge in [0.05, 0.1) is 24.3 Å². The number of hydrogen-bond acceptors (Lipinski definition) is 4. The van der Waals surface area contributed by atoms with Crippen molar-refractivity contribution in [2.45, 2.75) is 25.6 Å². The molecule has 1 aromatic carbocycles. The summed E-state index contributed by atoms with van der Waals surface area (Å²) in [6.07, 6.45) is 5.04. The van der Waals surface area contributed by atoms with Gasteiger partial charge >= 0.3 is 0 Å². The SMILES string of the molecule is N#Cc1cc(F)cc(C(=O)N2CCC(OCc3cccnc3)CC2)c1. The first-order valence-corrected chi connectivity index (χ1v) is 8.16. The predicted octanol–water partition coefficient (Wildman–Crippen LogP) is 2.91. The molecule has 0 bridgehead atoms. The highest BCUT2D eigenvalue weighted by Crippen LogP contribution is 2.19. The lowest BCUT2D eigenvalue weighted by Gasteiger charge is -2.32.